The van der Waals surface area contributed by atoms with Crippen molar-refractivity contribution in [2.24, 2.45) is 0 Å². The second kappa shape index (κ2) is 18.9. The zero-order valence-electron chi connectivity index (χ0n) is 28.1. The van der Waals surface area contributed by atoms with Crippen molar-refractivity contribution >= 4 is 34.5 Å². The Morgan fingerprint density at radius 1 is 0.957 bits per heavy atom. The first-order valence-electron chi connectivity index (χ1n) is 16.5. The minimum absolute atomic E-state index is 0.239. The molecule has 0 saturated heterocycles. The Morgan fingerprint density at radius 3 is 2.45 bits per heavy atom. The molecule has 250 valence electrons. The van der Waals surface area contributed by atoms with E-state index in [1.165, 1.54) is 0 Å². The van der Waals surface area contributed by atoms with E-state index in [4.69, 9.17) is 9.47 Å². The number of anilines is 2. The van der Waals surface area contributed by atoms with Crippen LogP contribution in [0.5, 0.6) is 5.75 Å². The Kier molecular flexibility index (Phi) is 14.4. The number of aryl methyl sites for hydroxylation is 1. The van der Waals surface area contributed by atoms with Gasteiger partial charge in [-0.25, -0.2) is 4.98 Å². The lowest BCUT2D eigenvalue weighted by Crippen LogP contribution is -2.18. The van der Waals surface area contributed by atoms with Gasteiger partial charge in [-0.05, 0) is 102 Å². The van der Waals surface area contributed by atoms with Crippen LogP contribution >= 0.6 is 0 Å². The second-order valence-corrected chi connectivity index (χ2v) is 12.9. The average molecular weight is 657 g/mol. The lowest BCUT2D eigenvalue weighted by atomic mass is 10.0. The van der Waals surface area contributed by atoms with Crippen LogP contribution in [-0.4, -0.2) is 53.4 Å². The summed E-state index contributed by atoms with van der Waals surface area (Å²) >= 11 is -1.21. The molecule has 0 spiro atoms. The van der Waals surface area contributed by atoms with Crippen LogP contribution in [0.3, 0.4) is 0 Å². The van der Waals surface area contributed by atoms with Crippen molar-refractivity contribution in [2.45, 2.75) is 63.6 Å². The molecule has 1 amide bonds. The predicted molar refractivity (Wildman–Crippen MR) is 193 cm³/mol. The topological polar surface area (TPSA) is 91.7 Å². The quantitative estimate of drug-likeness (QED) is 0.0626. The lowest BCUT2D eigenvalue weighted by Gasteiger charge is -2.21. The van der Waals surface area contributed by atoms with Gasteiger partial charge in [0.1, 0.15) is 12.4 Å². The van der Waals surface area contributed by atoms with E-state index in [0.29, 0.717) is 29.5 Å². The standard InChI is InChI=1S/C38H48N4O4S/c1-5-8-23-45-24-25-46-35-15-9-30(10-16-35)31-11-19-37(41(4)21-6-2)32(26-31)12-20-38(43)40-33-13-17-36(18-14-33)47(44)28-34-27-39-29-42(34)22-7-3/h9-20,26-27,29H,5-8,21-25,28H2,1-4H3,(H,40,43). The number of nitrogens with one attached hydrogen (secondary N) is 1. The van der Waals surface area contributed by atoms with Crippen LogP contribution in [0.4, 0.5) is 11.4 Å². The number of carbonyl (C=O) groups excluding carboxylic acids is 1. The zero-order chi connectivity index (χ0) is 33.4. The third-order valence-electron chi connectivity index (χ3n) is 7.67. The first kappa shape index (κ1) is 35.8. The Balaban J connectivity index is 1.40. The highest BCUT2D eigenvalue weighted by atomic mass is 32.2. The number of imidazole rings is 1. The van der Waals surface area contributed by atoms with E-state index in [1.54, 1.807) is 42.9 Å². The van der Waals surface area contributed by atoms with Crippen LogP contribution in [0.2, 0.25) is 0 Å². The Bertz CT molecular complexity index is 1550. The smallest absolute Gasteiger partial charge is 0.248 e. The molecule has 1 heterocycles. The first-order chi connectivity index (χ1) is 22.9. The normalized spacial score (nSPS) is 11.9. The van der Waals surface area contributed by atoms with Gasteiger partial charge in [-0.15, -0.1) is 0 Å². The van der Waals surface area contributed by atoms with Gasteiger partial charge in [0, 0.05) is 44.2 Å². The Morgan fingerprint density at radius 2 is 1.72 bits per heavy atom. The minimum Gasteiger partial charge on any atom is -0.611 e. The third-order valence-corrected chi connectivity index (χ3v) is 9.02. The maximum absolute atomic E-state index is 13.0. The number of unbranched alkanes of at least 4 members (excludes halogenated alkanes) is 1. The summed E-state index contributed by atoms with van der Waals surface area (Å²) in [6.07, 6.45) is 11.2. The number of rotatable bonds is 19. The Hall–Kier alpha value is -4.05. The van der Waals surface area contributed by atoms with Gasteiger partial charge in [0.25, 0.3) is 0 Å². The van der Waals surface area contributed by atoms with Crippen LogP contribution in [0.1, 0.15) is 57.7 Å². The van der Waals surface area contributed by atoms with Crippen LogP contribution in [0, 0.1) is 0 Å². The highest BCUT2D eigenvalue weighted by Crippen LogP contribution is 2.30. The molecule has 1 unspecified atom stereocenters. The van der Waals surface area contributed by atoms with Crippen molar-refractivity contribution < 1.29 is 18.8 Å². The van der Waals surface area contributed by atoms with Gasteiger partial charge in [0.15, 0.2) is 10.6 Å². The molecule has 3 aromatic carbocycles. The summed E-state index contributed by atoms with van der Waals surface area (Å²) in [4.78, 5) is 20.1. The molecule has 0 radical (unpaired) electrons. The highest BCUT2D eigenvalue weighted by molar-refractivity contribution is 7.90. The molecular weight excluding hydrogens is 609 g/mol. The van der Waals surface area contributed by atoms with E-state index in [-0.39, 0.29) is 5.91 Å². The van der Waals surface area contributed by atoms with E-state index < -0.39 is 11.2 Å². The number of amides is 1. The van der Waals surface area contributed by atoms with Crippen molar-refractivity contribution in [3.63, 3.8) is 0 Å². The molecule has 8 nitrogen and oxygen atoms in total. The minimum atomic E-state index is -1.21. The molecule has 0 saturated carbocycles. The van der Waals surface area contributed by atoms with Crippen molar-refractivity contribution in [1.29, 1.82) is 0 Å². The highest BCUT2D eigenvalue weighted by Gasteiger charge is 2.15. The summed E-state index contributed by atoms with van der Waals surface area (Å²) in [5.41, 5.74) is 5.71. The number of aromatic nitrogens is 2. The van der Waals surface area contributed by atoms with Crippen LogP contribution < -0.4 is 15.0 Å². The van der Waals surface area contributed by atoms with Gasteiger partial charge < -0.3 is 28.8 Å². The van der Waals surface area contributed by atoms with Crippen molar-refractivity contribution in [3.8, 4) is 16.9 Å². The molecule has 0 aliphatic heterocycles. The molecule has 0 bridgehead atoms. The predicted octanol–water partition coefficient (Wildman–Crippen LogP) is 7.96. The molecule has 1 N–H and O–H groups in total. The monoisotopic (exact) mass is 656 g/mol. The van der Waals surface area contributed by atoms with Gasteiger partial charge in [-0.2, -0.15) is 0 Å². The average Bonchev–Trinajstić information content (AvgIpc) is 3.52. The van der Waals surface area contributed by atoms with E-state index in [2.05, 4.69) is 73.4 Å². The fourth-order valence-corrected chi connectivity index (χ4v) is 6.26. The SMILES string of the molecule is CCCCOCCOc1ccc(-c2ccc(N(C)CCC)c(C=CC(=O)Nc3ccc([S+]([O-])Cc4cncn4CCC)cc3)c2)cc1. The van der Waals surface area contributed by atoms with Crippen molar-refractivity contribution in [1.82, 2.24) is 9.55 Å². The van der Waals surface area contributed by atoms with Crippen LogP contribution in [0.25, 0.3) is 17.2 Å². The largest absolute Gasteiger partial charge is 0.611 e. The molecule has 0 aliphatic rings. The van der Waals surface area contributed by atoms with Gasteiger partial charge in [-0.3, -0.25) is 4.79 Å². The van der Waals surface area contributed by atoms with Gasteiger partial charge in [0.05, 0.1) is 24.8 Å². The van der Waals surface area contributed by atoms with Gasteiger partial charge >= 0.3 is 0 Å². The molecule has 47 heavy (non-hydrogen) atoms. The summed E-state index contributed by atoms with van der Waals surface area (Å²) in [7, 11) is 2.07. The summed E-state index contributed by atoms with van der Waals surface area (Å²) in [6.45, 7) is 10.0. The fourth-order valence-electron chi connectivity index (χ4n) is 5.15. The number of hydrogen-bond donors (Lipinski definition) is 1. The maximum Gasteiger partial charge on any atom is 0.248 e. The summed E-state index contributed by atoms with van der Waals surface area (Å²) in [6, 6.07) is 21.6. The number of benzene rings is 3. The van der Waals surface area contributed by atoms with Crippen molar-refractivity contribution in [3.05, 3.63) is 96.6 Å². The molecule has 4 rings (SSSR count). The number of hydrogen-bond acceptors (Lipinski definition) is 6. The number of carbonyl (C=O) groups is 1. The fraction of sp³-hybridized carbons (Fsp3) is 0.368. The molecule has 0 aliphatic carbocycles. The van der Waals surface area contributed by atoms with Crippen molar-refractivity contribution in [2.75, 3.05) is 43.6 Å². The number of ether oxygens (including phenoxy) is 2. The van der Waals surface area contributed by atoms with Gasteiger partial charge in [0.2, 0.25) is 5.91 Å². The second-order valence-electron chi connectivity index (χ2n) is 11.4. The zero-order valence-corrected chi connectivity index (χ0v) is 28.9. The molecular formula is C38H48N4O4S. The summed E-state index contributed by atoms with van der Waals surface area (Å²) in [5, 5.41) is 2.93. The molecule has 1 atom stereocenters. The van der Waals surface area contributed by atoms with E-state index >= 15 is 0 Å². The summed E-state index contributed by atoms with van der Waals surface area (Å²) in [5.74, 6) is 0.967. The maximum atomic E-state index is 13.0. The summed E-state index contributed by atoms with van der Waals surface area (Å²) < 4.78 is 26.4. The van der Waals surface area contributed by atoms with Gasteiger partial charge in [-0.1, -0.05) is 45.4 Å². The molecule has 9 heteroatoms. The number of nitrogens with zero attached hydrogens (tertiary/aromatic N) is 3. The van der Waals surface area contributed by atoms with Crippen LogP contribution in [0.15, 0.2) is 90.2 Å². The molecule has 0 fully saturated rings. The lowest BCUT2D eigenvalue weighted by molar-refractivity contribution is -0.111. The van der Waals surface area contributed by atoms with E-state index in [0.717, 1.165) is 79.2 Å². The molecule has 1 aromatic heterocycles. The third kappa shape index (κ3) is 11.0. The first-order valence-corrected chi connectivity index (χ1v) is 17.9. The Labute approximate surface area is 283 Å². The molecule has 4 aromatic rings. The van der Waals surface area contributed by atoms with E-state index in [1.807, 2.05) is 22.8 Å². The van der Waals surface area contributed by atoms with Crippen LogP contribution in [-0.2, 0) is 33.0 Å². The van der Waals surface area contributed by atoms with E-state index in [9.17, 15) is 9.35 Å².